The van der Waals surface area contributed by atoms with Gasteiger partial charge in [0.05, 0.1) is 0 Å². The van der Waals surface area contributed by atoms with Gasteiger partial charge in [-0.3, -0.25) is 9.59 Å². The summed E-state index contributed by atoms with van der Waals surface area (Å²) in [5.74, 6) is 0.0893. The van der Waals surface area contributed by atoms with E-state index in [0.717, 1.165) is 11.1 Å². The standard InChI is InChI=1S/C19H22N2O3/c1-21(2)19(24)16-9-7-14(8-10-16)13-20-18(23)12-11-15-5-3-4-6-17(15)22/h3-10,22H,11-13H2,1-2H3,(H,20,23). The van der Waals surface area contributed by atoms with E-state index in [1.54, 1.807) is 38.4 Å². The van der Waals surface area contributed by atoms with E-state index < -0.39 is 0 Å². The first-order chi connectivity index (χ1) is 11.5. The van der Waals surface area contributed by atoms with Crippen LogP contribution in [-0.2, 0) is 17.8 Å². The summed E-state index contributed by atoms with van der Waals surface area (Å²) >= 11 is 0. The highest BCUT2D eigenvalue weighted by molar-refractivity contribution is 5.93. The second-order valence-corrected chi connectivity index (χ2v) is 5.80. The lowest BCUT2D eigenvalue weighted by Crippen LogP contribution is -2.23. The van der Waals surface area contributed by atoms with Gasteiger partial charge in [0.15, 0.2) is 0 Å². The average Bonchev–Trinajstić information content (AvgIpc) is 2.59. The Morgan fingerprint density at radius 1 is 1.04 bits per heavy atom. The van der Waals surface area contributed by atoms with Gasteiger partial charge in [-0.25, -0.2) is 0 Å². The van der Waals surface area contributed by atoms with E-state index in [1.807, 2.05) is 24.3 Å². The molecule has 5 heteroatoms. The summed E-state index contributed by atoms with van der Waals surface area (Å²) in [4.78, 5) is 25.2. The maximum absolute atomic E-state index is 11.9. The number of benzene rings is 2. The van der Waals surface area contributed by atoms with Crippen molar-refractivity contribution in [3.63, 3.8) is 0 Å². The van der Waals surface area contributed by atoms with E-state index >= 15 is 0 Å². The van der Waals surface area contributed by atoms with Crippen molar-refractivity contribution < 1.29 is 14.7 Å². The molecule has 2 N–H and O–H groups in total. The van der Waals surface area contributed by atoms with Gasteiger partial charge in [-0.2, -0.15) is 0 Å². The third-order valence-electron chi connectivity index (χ3n) is 3.71. The van der Waals surface area contributed by atoms with Crippen molar-refractivity contribution in [1.82, 2.24) is 10.2 Å². The van der Waals surface area contributed by atoms with Crippen molar-refractivity contribution in [3.8, 4) is 5.75 Å². The van der Waals surface area contributed by atoms with Crippen LogP contribution in [0.15, 0.2) is 48.5 Å². The van der Waals surface area contributed by atoms with Crippen molar-refractivity contribution >= 4 is 11.8 Å². The molecule has 5 nitrogen and oxygen atoms in total. The molecule has 0 atom stereocenters. The normalized spacial score (nSPS) is 10.2. The molecule has 2 aromatic rings. The zero-order chi connectivity index (χ0) is 17.5. The first-order valence-corrected chi connectivity index (χ1v) is 7.81. The number of hydrogen-bond acceptors (Lipinski definition) is 3. The van der Waals surface area contributed by atoms with E-state index in [0.29, 0.717) is 24.9 Å². The van der Waals surface area contributed by atoms with Gasteiger partial charge < -0.3 is 15.3 Å². The van der Waals surface area contributed by atoms with Crippen molar-refractivity contribution in [2.24, 2.45) is 0 Å². The van der Waals surface area contributed by atoms with Gasteiger partial charge in [-0.1, -0.05) is 30.3 Å². The first kappa shape index (κ1) is 17.5. The van der Waals surface area contributed by atoms with Gasteiger partial charge in [0, 0.05) is 32.6 Å². The van der Waals surface area contributed by atoms with Crippen LogP contribution in [0.25, 0.3) is 0 Å². The number of nitrogens with zero attached hydrogens (tertiary/aromatic N) is 1. The summed E-state index contributed by atoms with van der Waals surface area (Å²) in [6.07, 6.45) is 0.809. The van der Waals surface area contributed by atoms with Crippen LogP contribution in [0, 0.1) is 0 Å². The van der Waals surface area contributed by atoms with Gasteiger partial charge in [0.2, 0.25) is 5.91 Å². The first-order valence-electron chi connectivity index (χ1n) is 7.81. The Bertz CT molecular complexity index is 709. The van der Waals surface area contributed by atoms with Gasteiger partial charge in [0.25, 0.3) is 5.91 Å². The minimum absolute atomic E-state index is 0.0479. The Hall–Kier alpha value is -2.82. The molecule has 2 amide bonds. The largest absolute Gasteiger partial charge is 0.508 e. The number of phenols is 1. The zero-order valence-electron chi connectivity index (χ0n) is 14.0. The van der Waals surface area contributed by atoms with Gasteiger partial charge >= 0.3 is 0 Å². The Kier molecular flexibility index (Phi) is 5.95. The molecule has 0 spiro atoms. The van der Waals surface area contributed by atoms with Crippen LogP contribution in [0.5, 0.6) is 5.75 Å². The minimum Gasteiger partial charge on any atom is -0.508 e. The molecule has 0 aliphatic heterocycles. The number of nitrogens with one attached hydrogen (secondary N) is 1. The molecule has 0 fully saturated rings. The van der Waals surface area contributed by atoms with Gasteiger partial charge in [-0.15, -0.1) is 0 Å². The quantitative estimate of drug-likeness (QED) is 0.856. The minimum atomic E-state index is -0.0771. The van der Waals surface area contributed by atoms with E-state index in [-0.39, 0.29) is 17.6 Å². The monoisotopic (exact) mass is 326 g/mol. The molecule has 126 valence electrons. The molecule has 0 bridgehead atoms. The number of aromatic hydroxyl groups is 1. The Morgan fingerprint density at radius 2 is 1.71 bits per heavy atom. The van der Waals surface area contributed by atoms with E-state index in [2.05, 4.69) is 5.32 Å². The fourth-order valence-corrected chi connectivity index (χ4v) is 2.28. The predicted octanol–water partition coefficient (Wildman–Crippen LogP) is 2.34. The maximum atomic E-state index is 11.9. The SMILES string of the molecule is CN(C)C(=O)c1ccc(CNC(=O)CCc2ccccc2O)cc1. The molecule has 0 aromatic heterocycles. The molecule has 24 heavy (non-hydrogen) atoms. The maximum Gasteiger partial charge on any atom is 0.253 e. The number of aryl methyl sites for hydroxylation is 1. The molecular formula is C19H22N2O3. The highest BCUT2D eigenvalue weighted by Gasteiger charge is 2.08. The number of carbonyl (C=O) groups excluding carboxylic acids is 2. The lowest BCUT2D eigenvalue weighted by Gasteiger charge is -2.11. The highest BCUT2D eigenvalue weighted by Crippen LogP contribution is 2.17. The third-order valence-corrected chi connectivity index (χ3v) is 3.71. The topological polar surface area (TPSA) is 69.6 Å². The molecule has 0 heterocycles. The summed E-state index contributed by atoms with van der Waals surface area (Å²) in [5, 5.41) is 12.5. The van der Waals surface area contributed by atoms with Gasteiger partial charge in [0.1, 0.15) is 5.75 Å². The smallest absolute Gasteiger partial charge is 0.253 e. The van der Waals surface area contributed by atoms with Crippen LogP contribution in [0.3, 0.4) is 0 Å². The van der Waals surface area contributed by atoms with Crippen LogP contribution >= 0.6 is 0 Å². The molecular weight excluding hydrogens is 304 g/mol. The van der Waals surface area contributed by atoms with Crippen LogP contribution in [0.4, 0.5) is 0 Å². The Balaban J connectivity index is 1.81. The highest BCUT2D eigenvalue weighted by atomic mass is 16.3. The van der Waals surface area contributed by atoms with Crippen LogP contribution in [0.1, 0.15) is 27.9 Å². The summed E-state index contributed by atoms with van der Waals surface area (Å²) in [6.45, 7) is 0.413. The lowest BCUT2D eigenvalue weighted by atomic mass is 10.1. The number of phenolic OH excluding ortho intramolecular Hbond substituents is 1. The van der Waals surface area contributed by atoms with Gasteiger partial charge in [-0.05, 0) is 35.7 Å². The summed E-state index contributed by atoms with van der Waals surface area (Å²) in [7, 11) is 3.42. The van der Waals surface area contributed by atoms with Crippen molar-refractivity contribution in [3.05, 3.63) is 65.2 Å². The molecule has 0 radical (unpaired) electrons. The summed E-state index contributed by atoms with van der Waals surface area (Å²) in [6, 6.07) is 14.2. The fraction of sp³-hybridized carbons (Fsp3) is 0.263. The summed E-state index contributed by atoms with van der Waals surface area (Å²) in [5.41, 5.74) is 2.31. The van der Waals surface area contributed by atoms with Crippen molar-refractivity contribution in [2.45, 2.75) is 19.4 Å². The molecule has 0 saturated heterocycles. The zero-order valence-corrected chi connectivity index (χ0v) is 14.0. The molecule has 0 saturated carbocycles. The van der Waals surface area contributed by atoms with E-state index in [4.69, 9.17) is 0 Å². The molecule has 2 rings (SSSR count). The second kappa shape index (κ2) is 8.15. The average molecular weight is 326 g/mol. The van der Waals surface area contributed by atoms with E-state index in [9.17, 15) is 14.7 Å². The molecule has 0 aliphatic carbocycles. The number of carbonyl (C=O) groups is 2. The number of rotatable bonds is 6. The van der Waals surface area contributed by atoms with Crippen LogP contribution in [-0.4, -0.2) is 35.9 Å². The van der Waals surface area contributed by atoms with Crippen molar-refractivity contribution in [1.29, 1.82) is 0 Å². The van der Waals surface area contributed by atoms with E-state index in [1.165, 1.54) is 4.90 Å². The fourth-order valence-electron chi connectivity index (χ4n) is 2.28. The molecule has 0 unspecified atom stereocenters. The number of para-hydroxylation sites is 1. The number of hydrogen-bond donors (Lipinski definition) is 2. The Labute approximate surface area is 141 Å². The number of amides is 2. The molecule has 2 aromatic carbocycles. The Morgan fingerprint density at radius 3 is 2.33 bits per heavy atom. The molecule has 0 aliphatic rings. The summed E-state index contributed by atoms with van der Waals surface area (Å²) < 4.78 is 0. The van der Waals surface area contributed by atoms with Crippen LogP contribution in [0.2, 0.25) is 0 Å². The second-order valence-electron chi connectivity index (χ2n) is 5.80. The third kappa shape index (κ3) is 4.84. The predicted molar refractivity (Wildman–Crippen MR) is 92.7 cm³/mol. The van der Waals surface area contributed by atoms with Crippen LogP contribution < -0.4 is 5.32 Å². The lowest BCUT2D eigenvalue weighted by molar-refractivity contribution is -0.121. The van der Waals surface area contributed by atoms with Crippen molar-refractivity contribution in [2.75, 3.05) is 14.1 Å².